The molecule has 3 heteroatoms. The molecule has 84 valence electrons. The number of nitrogens with zero attached hydrogens (tertiary/aromatic N) is 1. The highest BCUT2D eigenvalue weighted by Crippen LogP contribution is 2.22. The number of pyridine rings is 1. The van der Waals surface area contributed by atoms with Crippen molar-refractivity contribution in [2.45, 2.75) is 19.8 Å². The number of nitrogens with two attached hydrogens (primary N) is 1. The molecule has 3 N–H and O–H groups in total. The molecule has 1 heterocycles. The van der Waals surface area contributed by atoms with Crippen molar-refractivity contribution in [3.63, 3.8) is 0 Å². The monoisotopic (exact) mass is 215 g/mol. The quantitative estimate of drug-likeness (QED) is 0.609. The summed E-state index contributed by atoms with van der Waals surface area (Å²) < 4.78 is 0. The molecule has 1 aromatic carbocycles. The summed E-state index contributed by atoms with van der Waals surface area (Å²) in [6.07, 6.45) is 4.16. The lowest BCUT2D eigenvalue weighted by Crippen LogP contribution is -2.03. The largest absolute Gasteiger partial charge is 0.399 e. The van der Waals surface area contributed by atoms with Crippen molar-refractivity contribution in [2.75, 3.05) is 17.6 Å². The van der Waals surface area contributed by atoms with Crippen LogP contribution in [-0.4, -0.2) is 11.5 Å². The van der Waals surface area contributed by atoms with Crippen molar-refractivity contribution in [3.8, 4) is 0 Å². The lowest BCUT2D eigenvalue weighted by atomic mass is 10.1. The number of fused-ring (bicyclic) bond motifs is 1. The number of hydrogen-bond acceptors (Lipinski definition) is 3. The van der Waals surface area contributed by atoms with Crippen molar-refractivity contribution in [1.29, 1.82) is 0 Å². The summed E-state index contributed by atoms with van der Waals surface area (Å²) in [4.78, 5) is 4.36. The van der Waals surface area contributed by atoms with E-state index in [1.165, 1.54) is 6.42 Å². The highest BCUT2D eigenvalue weighted by molar-refractivity contribution is 5.93. The van der Waals surface area contributed by atoms with Gasteiger partial charge in [0.25, 0.3) is 0 Å². The Kier molecular flexibility index (Phi) is 3.25. The molecule has 0 aliphatic carbocycles. The summed E-state index contributed by atoms with van der Waals surface area (Å²) in [5, 5.41) is 5.62. The first kappa shape index (κ1) is 10.7. The summed E-state index contributed by atoms with van der Waals surface area (Å²) in [6.45, 7) is 3.14. The fourth-order valence-electron chi connectivity index (χ4n) is 1.72. The lowest BCUT2D eigenvalue weighted by molar-refractivity contribution is 0.832. The summed E-state index contributed by atoms with van der Waals surface area (Å²) >= 11 is 0. The smallest absolute Gasteiger partial charge is 0.133 e. The van der Waals surface area contributed by atoms with Gasteiger partial charge in [0, 0.05) is 23.8 Å². The first-order valence-corrected chi connectivity index (χ1v) is 5.69. The minimum absolute atomic E-state index is 0.790. The molecule has 3 nitrogen and oxygen atoms in total. The number of hydrogen-bond donors (Lipinski definition) is 2. The summed E-state index contributed by atoms with van der Waals surface area (Å²) in [5.41, 5.74) is 6.54. The van der Waals surface area contributed by atoms with Crippen LogP contribution in [0, 0.1) is 0 Å². The number of benzene rings is 1. The zero-order valence-corrected chi connectivity index (χ0v) is 9.53. The highest BCUT2D eigenvalue weighted by Gasteiger charge is 2.01. The van der Waals surface area contributed by atoms with E-state index in [0.29, 0.717) is 0 Å². The van der Waals surface area contributed by atoms with Gasteiger partial charge in [0.2, 0.25) is 0 Å². The van der Waals surface area contributed by atoms with E-state index in [1.807, 2.05) is 30.5 Å². The van der Waals surface area contributed by atoms with Crippen molar-refractivity contribution < 1.29 is 0 Å². The number of aromatic nitrogens is 1. The Morgan fingerprint density at radius 1 is 1.31 bits per heavy atom. The molecule has 0 fully saturated rings. The molecule has 0 atom stereocenters. The van der Waals surface area contributed by atoms with Crippen LogP contribution in [-0.2, 0) is 0 Å². The van der Waals surface area contributed by atoms with Crippen LogP contribution in [0.3, 0.4) is 0 Å². The van der Waals surface area contributed by atoms with E-state index in [9.17, 15) is 0 Å². The molecule has 16 heavy (non-hydrogen) atoms. The second kappa shape index (κ2) is 4.84. The van der Waals surface area contributed by atoms with Crippen LogP contribution in [0.2, 0.25) is 0 Å². The van der Waals surface area contributed by atoms with E-state index in [4.69, 9.17) is 5.73 Å². The Balaban J connectivity index is 2.30. The zero-order chi connectivity index (χ0) is 11.4. The average molecular weight is 215 g/mol. The van der Waals surface area contributed by atoms with Crippen LogP contribution in [0.1, 0.15) is 19.8 Å². The molecule has 0 spiro atoms. The summed E-state index contributed by atoms with van der Waals surface area (Å²) in [5.74, 6) is 0.950. The maximum atomic E-state index is 5.75. The van der Waals surface area contributed by atoms with E-state index in [0.717, 1.165) is 35.2 Å². The Morgan fingerprint density at radius 3 is 3.00 bits per heavy atom. The molecule has 0 amide bonds. The first-order chi connectivity index (χ1) is 7.81. The van der Waals surface area contributed by atoms with Gasteiger partial charge >= 0.3 is 0 Å². The molecule has 0 radical (unpaired) electrons. The number of nitrogen functional groups attached to an aromatic ring is 1. The minimum Gasteiger partial charge on any atom is -0.399 e. The van der Waals surface area contributed by atoms with Gasteiger partial charge in [0.1, 0.15) is 5.82 Å². The molecule has 2 aromatic rings. The van der Waals surface area contributed by atoms with E-state index in [2.05, 4.69) is 17.2 Å². The SMILES string of the molecule is CCCCNc1nccc2cc(N)ccc12. The van der Waals surface area contributed by atoms with Gasteiger partial charge in [-0.2, -0.15) is 0 Å². The molecule has 0 unspecified atom stereocenters. The van der Waals surface area contributed by atoms with Crippen LogP contribution < -0.4 is 11.1 Å². The standard InChI is InChI=1S/C13H17N3/c1-2-3-7-15-13-12-5-4-11(14)9-10(12)6-8-16-13/h4-6,8-9H,2-3,7,14H2,1H3,(H,15,16). The minimum atomic E-state index is 0.790. The van der Waals surface area contributed by atoms with Crippen molar-refractivity contribution in [2.24, 2.45) is 0 Å². The second-order valence-corrected chi connectivity index (χ2v) is 3.92. The lowest BCUT2D eigenvalue weighted by Gasteiger charge is -2.08. The molecule has 1 aromatic heterocycles. The van der Waals surface area contributed by atoms with E-state index >= 15 is 0 Å². The van der Waals surface area contributed by atoms with Crippen molar-refractivity contribution in [3.05, 3.63) is 30.5 Å². The van der Waals surface area contributed by atoms with E-state index in [-0.39, 0.29) is 0 Å². The Bertz CT molecular complexity index is 480. The van der Waals surface area contributed by atoms with Crippen molar-refractivity contribution >= 4 is 22.3 Å². The predicted octanol–water partition coefficient (Wildman–Crippen LogP) is 3.03. The van der Waals surface area contributed by atoms with Gasteiger partial charge in [0.05, 0.1) is 0 Å². The molecule has 0 saturated heterocycles. The molecule has 0 saturated carbocycles. The van der Waals surface area contributed by atoms with Crippen LogP contribution in [0.15, 0.2) is 30.5 Å². The number of nitrogens with one attached hydrogen (secondary N) is 1. The van der Waals surface area contributed by atoms with Crippen molar-refractivity contribution in [1.82, 2.24) is 4.98 Å². The molecule has 0 aliphatic heterocycles. The topological polar surface area (TPSA) is 50.9 Å². The fourth-order valence-corrected chi connectivity index (χ4v) is 1.72. The third-order valence-corrected chi connectivity index (χ3v) is 2.61. The Morgan fingerprint density at radius 2 is 2.19 bits per heavy atom. The van der Waals surface area contributed by atoms with Crippen LogP contribution >= 0.6 is 0 Å². The van der Waals surface area contributed by atoms with Gasteiger partial charge in [0.15, 0.2) is 0 Å². The predicted molar refractivity (Wildman–Crippen MR) is 69.6 cm³/mol. The normalized spacial score (nSPS) is 10.6. The second-order valence-electron chi connectivity index (χ2n) is 3.92. The van der Waals surface area contributed by atoms with Gasteiger partial charge in [-0.3, -0.25) is 0 Å². The van der Waals surface area contributed by atoms with Crippen LogP contribution in [0.25, 0.3) is 10.8 Å². The van der Waals surface area contributed by atoms with E-state index in [1.54, 1.807) is 0 Å². The fraction of sp³-hybridized carbons (Fsp3) is 0.308. The van der Waals surface area contributed by atoms with Gasteiger partial charge in [-0.15, -0.1) is 0 Å². The molecular weight excluding hydrogens is 198 g/mol. The van der Waals surface area contributed by atoms with Gasteiger partial charge in [-0.05, 0) is 36.1 Å². The Labute approximate surface area is 95.7 Å². The number of anilines is 2. The Hall–Kier alpha value is -1.77. The third-order valence-electron chi connectivity index (χ3n) is 2.61. The molecular formula is C13H17N3. The molecule has 0 bridgehead atoms. The number of unbranched alkanes of at least 4 members (excludes halogenated alkanes) is 1. The summed E-state index contributed by atoms with van der Waals surface area (Å²) in [7, 11) is 0. The van der Waals surface area contributed by atoms with Gasteiger partial charge < -0.3 is 11.1 Å². The third kappa shape index (κ3) is 2.24. The van der Waals surface area contributed by atoms with Gasteiger partial charge in [-0.1, -0.05) is 13.3 Å². The van der Waals surface area contributed by atoms with E-state index < -0.39 is 0 Å². The number of rotatable bonds is 4. The molecule has 2 rings (SSSR count). The van der Waals surface area contributed by atoms with Gasteiger partial charge in [-0.25, -0.2) is 4.98 Å². The average Bonchev–Trinajstić information content (AvgIpc) is 2.29. The first-order valence-electron chi connectivity index (χ1n) is 5.69. The zero-order valence-electron chi connectivity index (χ0n) is 9.53. The summed E-state index contributed by atoms with van der Waals surface area (Å²) in [6, 6.07) is 7.89. The maximum absolute atomic E-state index is 5.75. The van der Waals surface area contributed by atoms with Crippen LogP contribution in [0.5, 0.6) is 0 Å². The molecule has 0 aliphatic rings. The van der Waals surface area contributed by atoms with Crippen LogP contribution in [0.4, 0.5) is 11.5 Å². The highest BCUT2D eigenvalue weighted by atomic mass is 15.0. The maximum Gasteiger partial charge on any atom is 0.133 e.